The van der Waals surface area contributed by atoms with Crippen molar-refractivity contribution in [3.8, 4) is 0 Å². The van der Waals surface area contributed by atoms with Crippen LogP contribution in [-0.4, -0.2) is 26.5 Å². The molecule has 20 heavy (non-hydrogen) atoms. The molecule has 0 unspecified atom stereocenters. The average molecular weight is 275 g/mol. The summed E-state index contributed by atoms with van der Waals surface area (Å²) in [5, 5.41) is 13.6. The minimum atomic E-state index is 0.149. The van der Waals surface area contributed by atoms with Gasteiger partial charge in [0.2, 0.25) is 0 Å². The highest BCUT2D eigenvalue weighted by Crippen LogP contribution is 2.60. The molecule has 4 heteroatoms. The van der Waals surface area contributed by atoms with Gasteiger partial charge in [0, 0.05) is 6.42 Å². The Balaban J connectivity index is 1.59. The van der Waals surface area contributed by atoms with Crippen LogP contribution in [0.3, 0.4) is 0 Å². The molecule has 110 valence electrons. The van der Waals surface area contributed by atoms with Crippen LogP contribution in [0.25, 0.3) is 0 Å². The molecule has 0 spiro atoms. The van der Waals surface area contributed by atoms with Gasteiger partial charge in [-0.15, -0.1) is 0 Å². The Bertz CT molecular complexity index is 473. The summed E-state index contributed by atoms with van der Waals surface area (Å²) in [6.45, 7) is 2.69. The second-order valence-electron chi connectivity index (χ2n) is 7.62. The van der Waals surface area contributed by atoms with Crippen LogP contribution in [0.2, 0.25) is 0 Å². The van der Waals surface area contributed by atoms with Crippen molar-refractivity contribution >= 4 is 0 Å². The second-order valence-corrected chi connectivity index (χ2v) is 7.62. The lowest BCUT2D eigenvalue weighted by Crippen LogP contribution is -2.47. The van der Waals surface area contributed by atoms with E-state index < -0.39 is 0 Å². The summed E-state index contributed by atoms with van der Waals surface area (Å²) >= 11 is 0. The standard InChI is InChI=1S/C16H25N3O/c1-11-17-15(19(18-11)2-3-20)10-16-7-12-4-13(8-16)6-14(5-12)9-16/h12-14,20H,2-10H2,1H3. The molecule has 4 fully saturated rings. The predicted octanol–water partition coefficient (Wildman–Crippen LogP) is 2.34. The number of hydrogen-bond acceptors (Lipinski definition) is 3. The molecular weight excluding hydrogens is 250 g/mol. The summed E-state index contributed by atoms with van der Waals surface area (Å²) in [6, 6.07) is 0. The Kier molecular flexibility index (Phi) is 2.92. The lowest BCUT2D eigenvalue weighted by Gasteiger charge is -2.56. The first-order chi connectivity index (χ1) is 9.66. The molecule has 0 saturated heterocycles. The molecular formula is C16H25N3O. The van der Waals surface area contributed by atoms with Gasteiger partial charge >= 0.3 is 0 Å². The zero-order valence-electron chi connectivity index (χ0n) is 12.4. The molecule has 5 rings (SSSR count). The van der Waals surface area contributed by atoms with E-state index in [9.17, 15) is 5.11 Å². The van der Waals surface area contributed by atoms with E-state index in [1.54, 1.807) is 0 Å². The average Bonchev–Trinajstić information content (AvgIpc) is 2.67. The monoisotopic (exact) mass is 275 g/mol. The van der Waals surface area contributed by atoms with Gasteiger partial charge in [0.05, 0.1) is 13.2 Å². The van der Waals surface area contributed by atoms with Crippen LogP contribution in [0.5, 0.6) is 0 Å². The first-order valence-corrected chi connectivity index (χ1v) is 8.17. The number of aromatic nitrogens is 3. The van der Waals surface area contributed by atoms with Gasteiger partial charge in [-0.05, 0) is 68.6 Å². The highest BCUT2D eigenvalue weighted by Gasteiger charge is 2.51. The first kappa shape index (κ1) is 12.8. The summed E-state index contributed by atoms with van der Waals surface area (Å²) in [4.78, 5) is 4.65. The lowest BCUT2D eigenvalue weighted by atomic mass is 9.49. The molecule has 4 saturated carbocycles. The highest BCUT2D eigenvalue weighted by molar-refractivity contribution is 5.06. The third-order valence-electron chi connectivity index (χ3n) is 5.86. The molecule has 0 amide bonds. The largest absolute Gasteiger partial charge is 0.394 e. The number of hydrogen-bond donors (Lipinski definition) is 1. The summed E-state index contributed by atoms with van der Waals surface area (Å²) in [5.41, 5.74) is 0.501. The Hall–Kier alpha value is -0.900. The smallest absolute Gasteiger partial charge is 0.147 e. The van der Waals surface area contributed by atoms with Crippen molar-refractivity contribution in [2.75, 3.05) is 6.61 Å². The molecule has 0 aliphatic heterocycles. The molecule has 1 heterocycles. The van der Waals surface area contributed by atoms with Crippen molar-refractivity contribution in [3.63, 3.8) is 0 Å². The molecule has 0 aromatic carbocycles. The van der Waals surface area contributed by atoms with Gasteiger partial charge in [-0.25, -0.2) is 9.67 Å². The van der Waals surface area contributed by atoms with E-state index in [0.29, 0.717) is 12.0 Å². The van der Waals surface area contributed by atoms with E-state index in [1.807, 2.05) is 11.6 Å². The highest BCUT2D eigenvalue weighted by atomic mass is 16.3. The predicted molar refractivity (Wildman–Crippen MR) is 76.2 cm³/mol. The minimum Gasteiger partial charge on any atom is -0.394 e. The fourth-order valence-corrected chi connectivity index (χ4v) is 5.75. The van der Waals surface area contributed by atoms with Gasteiger partial charge in [0.25, 0.3) is 0 Å². The van der Waals surface area contributed by atoms with Crippen LogP contribution >= 0.6 is 0 Å². The maximum absolute atomic E-state index is 9.19. The van der Waals surface area contributed by atoms with E-state index in [2.05, 4.69) is 10.1 Å². The van der Waals surface area contributed by atoms with E-state index in [1.165, 1.54) is 38.5 Å². The summed E-state index contributed by atoms with van der Waals surface area (Å²) < 4.78 is 1.94. The second kappa shape index (κ2) is 4.55. The maximum Gasteiger partial charge on any atom is 0.147 e. The number of aryl methyl sites for hydroxylation is 1. The number of aliphatic hydroxyl groups excluding tert-OH is 1. The van der Waals surface area contributed by atoms with Crippen LogP contribution in [0, 0.1) is 30.1 Å². The van der Waals surface area contributed by atoms with Crippen LogP contribution in [0.15, 0.2) is 0 Å². The quantitative estimate of drug-likeness (QED) is 0.917. The Labute approximate surface area is 120 Å². The van der Waals surface area contributed by atoms with E-state index in [-0.39, 0.29) is 6.61 Å². The van der Waals surface area contributed by atoms with Gasteiger partial charge in [-0.3, -0.25) is 0 Å². The Morgan fingerprint density at radius 2 is 1.75 bits per heavy atom. The zero-order chi connectivity index (χ0) is 13.7. The first-order valence-electron chi connectivity index (χ1n) is 8.17. The summed E-state index contributed by atoms with van der Waals surface area (Å²) in [5.74, 6) is 4.90. The molecule has 0 atom stereocenters. The van der Waals surface area contributed by atoms with Crippen LogP contribution in [0.1, 0.15) is 50.2 Å². The zero-order valence-corrected chi connectivity index (χ0v) is 12.4. The van der Waals surface area contributed by atoms with Crippen LogP contribution < -0.4 is 0 Å². The third-order valence-corrected chi connectivity index (χ3v) is 5.86. The van der Waals surface area contributed by atoms with Crippen molar-refractivity contribution in [1.29, 1.82) is 0 Å². The van der Waals surface area contributed by atoms with Gasteiger partial charge in [-0.2, -0.15) is 5.10 Å². The van der Waals surface area contributed by atoms with Gasteiger partial charge in [0.1, 0.15) is 11.6 Å². The van der Waals surface area contributed by atoms with E-state index in [4.69, 9.17) is 0 Å². The molecule has 4 aliphatic rings. The molecule has 4 nitrogen and oxygen atoms in total. The summed E-state index contributed by atoms with van der Waals surface area (Å²) in [7, 11) is 0. The van der Waals surface area contributed by atoms with Crippen molar-refractivity contribution in [2.45, 2.75) is 58.4 Å². The Morgan fingerprint density at radius 1 is 1.15 bits per heavy atom. The van der Waals surface area contributed by atoms with Crippen molar-refractivity contribution < 1.29 is 5.11 Å². The number of rotatable bonds is 4. The molecule has 4 bridgehead atoms. The molecule has 4 aliphatic carbocycles. The van der Waals surface area contributed by atoms with Gasteiger partial charge < -0.3 is 5.11 Å². The minimum absolute atomic E-state index is 0.149. The third kappa shape index (κ3) is 2.09. The van der Waals surface area contributed by atoms with E-state index >= 15 is 0 Å². The van der Waals surface area contributed by atoms with Gasteiger partial charge in [0.15, 0.2) is 0 Å². The van der Waals surface area contributed by atoms with Crippen LogP contribution in [0.4, 0.5) is 0 Å². The van der Waals surface area contributed by atoms with Crippen molar-refractivity contribution in [3.05, 3.63) is 11.6 Å². The lowest BCUT2D eigenvalue weighted by molar-refractivity contribution is -0.0537. The number of nitrogens with zero attached hydrogens (tertiary/aromatic N) is 3. The molecule has 1 N–H and O–H groups in total. The molecule has 1 aromatic heterocycles. The van der Waals surface area contributed by atoms with Crippen molar-refractivity contribution in [2.24, 2.45) is 23.2 Å². The Morgan fingerprint density at radius 3 is 2.30 bits per heavy atom. The molecule has 0 radical (unpaired) electrons. The topological polar surface area (TPSA) is 50.9 Å². The van der Waals surface area contributed by atoms with E-state index in [0.717, 1.165) is 35.8 Å². The van der Waals surface area contributed by atoms with Crippen molar-refractivity contribution in [1.82, 2.24) is 14.8 Å². The number of aliphatic hydroxyl groups is 1. The van der Waals surface area contributed by atoms with Crippen LogP contribution in [-0.2, 0) is 13.0 Å². The molecule has 1 aromatic rings. The fraction of sp³-hybridized carbons (Fsp3) is 0.875. The maximum atomic E-state index is 9.19. The normalized spacial score (nSPS) is 38.6. The summed E-state index contributed by atoms with van der Waals surface area (Å²) in [6.07, 6.45) is 9.76. The SMILES string of the molecule is Cc1nc(CC23CC4CC(CC(C4)C2)C3)n(CCO)n1. The fourth-order valence-electron chi connectivity index (χ4n) is 5.75. The van der Waals surface area contributed by atoms with Gasteiger partial charge in [-0.1, -0.05) is 0 Å².